The van der Waals surface area contributed by atoms with Gasteiger partial charge in [0.15, 0.2) is 49.0 Å². The smallest absolute Gasteiger partial charge is 0.223 e. The Labute approximate surface area is 479 Å². The van der Waals surface area contributed by atoms with Gasteiger partial charge < -0.3 is 165 Å². The van der Waals surface area contributed by atoms with E-state index >= 15 is 0 Å². The SMILES string of the molecule is CC1OC(OC2C(O)C(O)C(N=C(N)N)C(O)C2N=C(N)N)C(OC2OC(CO)C(O)C(O)C2N(C)C(=O)CCC(=O)N(C)C2C(OC3C(OC4C(O)C(O)C(N=C(N)N)C(O)C4N=C(N)N)OC(C)C3CO)OC(CO)C(O)C2O)C1CO. The Balaban J connectivity index is 1.22. The first-order valence-corrected chi connectivity index (χ1v) is 26.8. The highest BCUT2D eigenvalue weighted by Gasteiger charge is 2.59. The topological polar surface area (TPSA) is 655 Å². The summed E-state index contributed by atoms with van der Waals surface area (Å²) in [7, 11) is 2.30. The number of carbonyl (C=O) groups is 2. The summed E-state index contributed by atoms with van der Waals surface area (Å²) in [5.41, 5.74) is 44.6. The second-order valence-corrected chi connectivity index (χ2v) is 21.5. The Kier molecular flexibility index (Phi) is 23.4. The second-order valence-electron chi connectivity index (χ2n) is 21.5. The van der Waals surface area contributed by atoms with E-state index in [9.17, 15) is 81.1 Å². The van der Waals surface area contributed by atoms with Crippen LogP contribution in [-0.2, 0) is 47.5 Å². The summed E-state index contributed by atoms with van der Waals surface area (Å²) < 4.78 is 48.8. The standard InChI is InChI=1S/C46H84N14O24/c1-11-13(7-61)35(41(77-11)83-37-21(57-45(51)52)27(69)19(55-43(47)48)29(71)33(37)75)81-39-23(31(73)25(67)15(9-63)79-39)59(3)17(65)5-6-18(66)60(4)24-32(74)26(68)16(10-64)80-40(24)82-36-14(8-62)12(2)78-42(36)84-38-22(58-46(53)54)28(70)20(56-44(49)50)30(72)34(38)76/h11-16,19-42,61-64,67-76H,5-10H2,1-4H3,(H4,47,48,55)(H4,49,50,56)(H4,51,52,57)(H4,53,54,58). The molecule has 6 aliphatic rings. The van der Waals surface area contributed by atoms with Crippen molar-refractivity contribution in [1.82, 2.24) is 9.80 Å². The fourth-order valence-corrected chi connectivity index (χ4v) is 11.5. The normalized spacial score (nSPS) is 44.1. The number of rotatable bonds is 21. The van der Waals surface area contributed by atoms with Crippen LogP contribution in [0.5, 0.6) is 0 Å². The largest absolute Gasteiger partial charge is 0.396 e. The zero-order valence-electron chi connectivity index (χ0n) is 46.2. The van der Waals surface area contributed by atoms with Crippen LogP contribution in [-0.4, -0.2) is 329 Å². The van der Waals surface area contributed by atoms with Gasteiger partial charge in [-0.2, -0.15) is 0 Å². The van der Waals surface area contributed by atoms with Gasteiger partial charge in [-0.25, -0.2) is 20.0 Å². The molecular formula is C46H84N14O24. The van der Waals surface area contributed by atoms with E-state index in [1.54, 1.807) is 0 Å². The Hall–Kier alpha value is -4.86. The zero-order chi connectivity index (χ0) is 62.7. The maximum Gasteiger partial charge on any atom is 0.223 e. The van der Waals surface area contributed by atoms with Gasteiger partial charge in [0.25, 0.3) is 0 Å². The van der Waals surface area contributed by atoms with Crippen molar-refractivity contribution in [2.45, 2.75) is 198 Å². The molecule has 30 atom stereocenters. The summed E-state index contributed by atoms with van der Waals surface area (Å²) in [4.78, 5) is 45.7. The van der Waals surface area contributed by atoms with Crippen LogP contribution in [0.15, 0.2) is 20.0 Å². The molecule has 4 saturated heterocycles. The average Bonchev–Trinajstić information content (AvgIpc) is 2.04. The van der Waals surface area contributed by atoms with E-state index in [2.05, 4.69) is 20.0 Å². The number of hydrogen-bond donors (Lipinski definition) is 22. The molecule has 38 heteroatoms. The molecule has 6 fully saturated rings. The van der Waals surface area contributed by atoms with Crippen molar-refractivity contribution in [3.05, 3.63) is 0 Å². The Morgan fingerprint density at radius 2 is 0.690 bits per heavy atom. The molecule has 2 saturated carbocycles. The summed E-state index contributed by atoms with van der Waals surface area (Å²) in [5, 5.41) is 154. The van der Waals surface area contributed by atoms with Crippen LogP contribution in [0.25, 0.3) is 0 Å². The first-order chi connectivity index (χ1) is 39.4. The third-order valence-electron chi connectivity index (χ3n) is 16.1. The molecule has 482 valence electrons. The van der Waals surface area contributed by atoms with Crippen LogP contribution in [0.2, 0.25) is 0 Å². The molecule has 4 aliphatic heterocycles. The van der Waals surface area contributed by atoms with Gasteiger partial charge in [0, 0.05) is 38.8 Å². The highest BCUT2D eigenvalue weighted by molar-refractivity contribution is 5.84. The van der Waals surface area contributed by atoms with Crippen molar-refractivity contribution >= 4 is 35.7 Å². The number of guanidine groups is 4. The Morgan fingerprint density at radius 3 is 0.976 bits per heavy atom. The lowest BCUT2D eigenvalue weighted by atomic mass is 9.81. The number of carbonyl (C=O) groups excluding carboxylic acids is 2. The minimum absolute atomic E-state index is 0.565. The van der Waals surface area contributed by atoms with Crippen LogP contribution in [0, 0.1) is 11.8 Å². The lowest BCUT2D eigenvalue weighted by molar-refractivity contribution is -0.318. The van der Waals surface area contributed by atoms with E-state index in [0.29, 0.717) is 0 Å². The van der Waals surface area contributed by atoms with Crippen LogP contribution in [0.3, 0.4) is 0 Å². The molecule has 2 amide bonds. The number of aliphatic hydroxyl groups is 14. The fraction of sp³-hybridized carbons (Fsp3) is 0.870. The lowest BCUT2D eigenvalue weighted by Gasteiger charge is -2.47. The molecule has 0 aromatic heterocycles. The van der Waals surface area contributed by atoms with E-state index in [4.69, 9.17) is 83.8 Å². The quantitative estimate of drug-likeness (QED) is 0.0375. The molecule has 0 spiro atoms. The van der Waals surface area contributed by atoms with Crippen LogP contribution in [0.4, 0.5) is 0 Å². The molecule has 2 aliphatic carbocycles. The molecule has 30 unspecified atom stereocenters. The van der Waals surface area contributed by atoms with Crippen molar-refractivity contribution in [1.29, 1.82) is 0 Å². The summed E-state index contributed by atoms with van der Waals surface area (Å²) in [6.07, 6.45) is -38.8. The van der Waals surface area contributed by atoms with E-state index < -0.39 is 258 Å². The molecule has 0 bridgehead atoms. The van der Waals surface area contributed by atoms with Crippen molar-refractivity contribution < 1.29 is 119 Å². The number of ether oxygens (including phenoxy) is 8. The summed E-state index contributed by atoms with van der Waals surface area (Å²) in [6, 6.07) is -9.70. The second kappa shape index (κ2) is 28.8. The summed E-state index contributed by atoms with van der Waals surface area (Å²) in [5.74, 6) is -6.22. The van der Waals surface area contributed by atoms with Gasteiger partial charge >= 0.3 is 0 Å². The number of aliphatic hydroxyl groups excluding tert-OH is 14. The zero-order valence-corrected chi connectivity index (χ0v) is 46.2. The van der Waals surface area contributed by atoms with Gasteiger partial charge in [-0.3, -0.25) is 9.59 Å². The Morgan fingerprint density at radius 1 is 0.393 bits per heavy atom. The predicted molar refractivity (Wildman–Crippen MR) is 282 cm³/mol. The molecule has 84 heavy (non-hydrogen) atoms. The lowest BCUT2D eigenvalue weighted by Crippen LogP contribution is -2.66. The van der Waals surface area contributed by atoms with E-state index in [1.807, 2.05) is 0 Å². The number of aliphatic imine (C=N–C) groups is 4. The van der Waals surface area contributed by atoms with Gasteiger partial charge in [-0.05, 0) is 13.8 Å². The van der Waals surface area contributed by atoms with Gasteiger partial charge in [-0.15, -0.1) is 0 Å². The summed E-state index contributed by atoms with van der Waals surface area (Å²) in [6.45, 7) is -0.149. The first-order valence-electron chi connectivity index (χ1n) is 26.8. The van der Waals surface area contributed by atoms with Crippen molar-refractivity contribution in [3.63, 3.8) is 0 Å². The van der Waals surface area contributed by atoms with Crippen molar-refractivity contribution in [2.24, 2.45) is 77.7 Å². The minimum Gasteiger partial charge on any atom is -0.396 e. The van der Waals surface area contributed by atoms with Crippen LogP contribution in [0.1, 0.15) is 26.7 Å². The van der Waals surface area contributed by atoms with E-state index in [-0.39, 0.29) is 0 Å². The fourth-order valence-electron chi connectivity index (χ4n) is 11.5. The molecule has 0 radical (unpaired) electrons. The van der Waals surface area contributed by atoms with Gasteiger partial charge in [-0.1, -0.05) is 0 Å². The van der Waals surface area contributed by atoms with Gasteiger partial charge in [0.1, 0.15) is 134 Å². The molecule has 0 aromatic rings. The van der Waals surface area contributed by atoms with E-state index in [0.717, 1.165) is 23.9 Å². The predicted octanol–water partition coefficient (Wildman–Crippen LogP) is -14.7. The van der Waals surface area contributed by atoms with Crippen LogP contribution >= 0.6 is 0 Å². The average molecular weight is 1220 g/mol. The maximum absolute atomic E-state index is 14.2. The monoisotopic (exact) mass is 1220 g/mol. The first kappa shape index (κ1) is 68.3. The molecule has 0 aromatic carbocycles. The summed E-state index contributed by atoms with van der Waals surface area (Å²) >= 11 is 0. The van der Waals surface area contributed by atoms with Crippen molar-refractivity contribution in [2.75, 3.05) is 40.5 Å². The molecule has 38 nitrogen and oxygen atoms in total. The van der Waals surface area contributed by atoms with Gasteiger partial charge in [0.2, 0.25) is 11.8 Å². The van der Waals surface area contributed by atoms with Gasteiger partial charge in [0.05, 0.1) is 38.6 Å². The highest BCUT2D eigenvalue weighted by atomic mass is 16.8. The highest BCUT2D eigenvalue weighted by Crippen LogP contribution is 2.40. The minimum atomic E-state index is -1.97. The number of amides is 2. The third kappa shape index (κ3) is 14.4. The van der Waals surface area contributed by atoms with Crippen LogP contribution < -0.4 is 45.9 Å². The number of likely N-dealkylation sites (N-methyl/N-ethyl adjacent to an activating group) is 2. The van der Waals surface area contributed by atoms with Crippen molar-refractivity contribution in [3.8, 4) is 0 Å². The Bertz CT molecular complexity index is 2160. The third-order valence-corrected chi connectivity index (χ3v) is 16.1. The number of nitrogens with two attached hydrogens (primary N) is 8. The maximum atomic E-state index is 14.2. The molecule has 4 heterocycles. The number of hydrogen-bond acceptors (Lipinski definition) is 28. The molecular weight excluding hydrogens is 1130 g/mol. The van der Waals surface area contributed by atoms with E-state index in [1.165, 1.54) is 13.8 Å². The molecule has 30 N–H and O–H groups in total. The molecule has 6 rings (SSSR count). The number of nitrogens with zero attached hydrogens (tertiary/aromatic N) is 6.